The van der Waals surface area contributed by atoms with Crippen LogP contribution in [0, 0.1) is 5.82 Å². The molecule has 0 N–H and O–H groups in total. The monoisotopic (exact) mass is 298 g/mol. The molecule has 0 radical (unpaired) electrons. The number of hydrogen-bond acceptors (Lipinski definition) is 2. The number of benzene rings is 2. The van der Waals surface area contributed by atoms with E-state index in [9.17, 15) is 4.39 Å². The first-order valence-corrected chi connectivity index (χ1v) is 6.90. The summed E-state index contributed by atoms with van der Waals surface area (Å²) in [7, 11) is 0. The molecular formula is C17H12ClFN2. The predicted molar refractivity (Wildman–Crippen MR) is 84.5 cm³/mol. The summed E-state index contributed by atoms with van der Waals surface area (Å²) in [6.07, 6.45) is 1.70. The van der Waals surface area contributed by atoms with E-state index in [1.54, 1.807) is 18.3 Å². The molecule has 0 fully saturated rings. The van der Waals surface area contributed by atoms with Crippen LogP contribution < -0.4 is 0 Å². The summed E-state index contributed by atoms with van der Waals surface area (Å²) in [5, 5.41) is 1.45. The van der Waals surface area contributed by atoms with E-state index in [4.69, 9.17) is 11.6 Å². The Morgan fingerprint density at radius 1 is 1.10 bits per heavy atom. The molecule has 4 heteroatoms. The Balaban J connectivity index is 1.82. The number of halogens is 2. The second-order valence-electron chi connectivity index (χ2n) is 4.66. The third kappa shape index (κ3) is 3.26. The van der Waals surface area contributed by atoms with Crippen molar-refractivity contribution < 1.29 is 4.39 Å². The second-order valence-corrected chi connectivity index (χ2v) is 5.02. The fourth-order valence-corrected chi connectivity index (χ4v) is 2.23. The van der Waals surface area contributed by atoms with Gasteiger partial charge in [0.15, 0.2) is 0 Å². The number of aliphatic imine (C=N–C) groups is 1. The summed E-state index contributed by atoms with van der Waals surface area (Å²) < 4.78 is 12.8. The molecule has 0 spiro atoms. The van der Waals surface area contributed by atoms with Gasteiger partial charge in [0.1, 0.15) is 11.0 Å². The van der Waals surface area contributed by atoms with Crippen molar-refractivity contribution in [2.75, 3.05) is 0 Å². The van der Waals surface area contributed by atoms with Crippen molar-refractivity contribution in [1.29, 1.82) is 0 Å². The molecule has 0 amide bonds. The topological polar surface area (TPSA) is 25.2 Å². The molecular weight excluding hydrogens is 287 g/mol. The van der Waals surface area contributed by atoms with Crippen LogP contribution in [-0.2, 0) is 6.54 Å². The highest BCUT2D eigenvalue weighted by molar-refractivity contribution is 6.32. The number of aromatic nitrogens is 1. The molecule has 1 heterocycles. The summed E-state index contributed by atoms with van der Waals surface area (Å²) >= 11 is 6.15. The molecule has 0 aliphatic heterocycles. The molecule has 0 saturated carbocycles. The van der Waals surface area contributed by atoms with Crippen LogP contribution in [0.4, 0.5) is 4.39 Å². The quantitative estimate of drug-likeness (QED) is 0.510. The number of fused-ring (bicyclic) bond motifs is 1. The lowest BCUT2D eigenvalue weighted by molar-refractivity contribution is 0.627. The van der Waals surface area contributed by atoms with E-state index in [1.165, 1.54) is 12.1 Å². The SMILES string of the molecule is Fc1ccc(CN=Cc2cc3ccccc3nc2Cl)cc1. The van der Waals surface area contributed by atoms with Crippen molar-refractivity contribution in [3.63, 3.8) is 0 Å². The minimum atomic E-state index is -0.246. The summed E-state index contributed by atoms with van der Waals surface area (Å²) in [5.41, 5.74) is 2.58. The van der Waals surface area contributed by atoms with Crippen LogP contribution >= 0.6 is 11.6 Å². The van der Waals surface area contributed by atoms with Gasteiger partial charge in [-0.15, -0.1) is 0 Å². The van der Waals surface area contributed by atoms with Crippen molar-refractivity contribution >= 4 is 28.7 Å². The molecule has 0 atom stereocenters. The number of hydrogen-bond donors (Lipinski definition) is 0. The zero-order chi connectivity index (χ0) is 14.7. The van der Waals surface area contributed by atoms with Gasteiger partial charge >= 0.3 is 0 Å². The lowest BCUT2D eigenvalue weighted by Crippen LogP contribution is -1.90. The first-order valence-electron chi connectivity index (χ1n) is 6.52. The molecule has 2 aromatic carbocycles. The first kappa shape index (κ1) is 13.7. The van der Waals surface area contributed by atoms with Gasteiger partial charge in [-0.1, -0.05) is 41.9 Å². The first-order chi connectivity index (χ1) is 10.2. The van der Waals surface area contributed by atoms with E-state index in [0.29, 0.717) is 11.7 Å². The summed E-state index contributed by atoms with van der Waals surface area (Å²) in [4.78, 5) is 8.67. The Morgan fingerprint density at radius 3 is 2.67 bits per heavy atom. The van der Waals surface area contributed by atoms with Crippen LogP contribution in [0.25, 0.3) is 10.9 Å². The Kier molecular flexibility index (Phi) is 3.93. The van der Waals surface area contributed by atoms with Crippen molar-refractivity contribution in [2.24, 2.45) is 4.99 Å². The molecule has 3 rings (SSSR count). The largest absolute Gasteiger partial charge is 0.288 e. The standard InChI is InChI=1S/C17H12ClFN2/c18-17-14(9-13-3-1-2-4-16(13)21-17)11-20-10-12-5-7-15(19)8-6-12/h1-9,11H,10H2. The molecule has 1 aromatic heterocycles. The highest BCUT2D eigenvalue weighted by atomic mass is 35.5. The fourth-order valence-electron chi connectivity index (χ4n) is 2.04. The number of nitrogens with zero attached hydrogens (tertiary/aromatic N) is 2. The van der Waals surface area contributed by atoms with E-state index in [1.807, 2.05) is 30.3 Å². The van der Waals surface area contributed by atoms with E-state index >= 15 is 0 Å². The molecule has 0 bridgehead atoms. The maximum Gasteiger partial charge on any atom is 0.138 e. The molecule has 0 aliphatic rings. The Morgan fingerprint density at radius 2 is 1.86 bits per heavy atom. The van der Waals surface area contributed by atoms with E-state index in [-0.39, 0.29) is 5.82 Å². The number of pyridine rings is 1. The minimum absolute atomic E-state index is 0.246. The van der Waals surface area contributed by atoms with Crippen LogP contribution in [0.1, 0.15) is 11.1 Å². The van der Waals surface area contributed by atoms with Gasteiger partial charge in [0.05, 0.1) is 12.1 Å². The summed E-state index contributed by atoms with van der Waals surface area (Å²) in [6, 6.07) is 16.0. The van der Waals surface area contributed by atoms with Gasteiger partial charge in [-0.3, -0.25) is 4.99 Å². The van der Waals surface area contributed by atoms with Crippen molar-refractivity contribution in [1.82, 2.24) is 4.98 Å². The van der Waals surface area contributed by atoms with Gasteiger partial charge in [0.25, 0.3) is 0 Å². The zero-order valence-corrected chi connectivity index (χ0v) is 11.9. The van der Waals surface area contributed by atoms with Gasteiger partial charge in [0.2, 0.25) is 0 Å². The molecule has 21 heavy (non-hydrogen) atoms. The van der Waals surface area contributed by atoms with Crippen LogP contribution in [0.15, 0.2) is 59.6 Å². The van der Waals surface area contributed by atoms with Gasteiger partial charge < -0.3 is 0 Å². The normalized spacial score (nSPS) is 11.3. The third-order valence-electron chi connectivity index (χ3n) is 3.12. The second kappa shape index (κ2) is 6.02. The molecule has 104 valence electrons. The maximum atomic E-state index is 12.8. The van der Waals surface area contributed by atoms with Crippen LogP contribution in [-0.4, -0.2) is 11.2 Å². The van der Waals surface area contributed by atoms with E-state index in [0.717, 1.165) is 22.0 Å². The summed E-state index contributed by atoms with van der Waals surface area (Å²) in [5.74, 6) is -0.246. The van der Waals surface area contributed by atoms with Crippen LogP contribution in [0.2, 0.25) is 5.15 Å². The average Bonchev–Trinajstić information content (AvgIpc) is 2.50. The maximum absolute atomic E-state index is 12.8. The average molecular weight is 299 g/mol. The van der Waals surface area contributed by atoms with Crippen molar-refractivity contribution in [3.05, 3.63) is 76.7 Å². The van der Waals surface area contributed by atoms with Gasteiger partial charge in [-0.2, -0.15) is 0 Å². The van der Waals surface area contributed by atoms with Gasteiger partial charge in [-0.05, 0) is 29.8 Å². The van der Waals surface area contributed by atoms with Crippen molar-refractivity contribution in [2.45, 2.75) is 6.54 Å². The van der Waals surface area contributed by atoms with E-state index in [2.05, 4.69) is 9.98 Å². The lowest BCUT2D eigenvalue weighted by Gasteiger charge is -2.01. The van der Waals surface area contributed by atoms with Crippen molar-refractivity contribution in [3.8, 4) is 0 Å². The highest BCUT2D eigenvalue weighted by Gasteiger charge is 2.02. The third-order valence-corrected chi connectivity index (χ3v) is 3.42. The number of rotatable bonds is 3. The van der Waals surface area contributed by atoms with Crippen LogP contribution in [0.3, 0.4) is 0 Å². The van der Waals surface area contributed by atoms with Crippen LogP contribution in [0.5, 0.6) is 0 Å². The smallest absolute Gasteiger partial charge is 0.138 e. The predicted octanol–water partition coefficient (Wildman–Crippen LogP) is 4.65. The Labute approximate surface area is 126 Å². The Hall–Kier alpha value is -2.26. The molecule has 0 saturated heterocycles. The molecule has 3 aromatic rings. The van der Waals surface area contributed by atoms with Gasteiger partial charge in [0, 0.05) is 17.2 Å². The molecule has 0 aliphatic carbocycles. The minimum Gasteiger partial charge on any atom is -0.288 e. The number of para-hydroxylation sites is 1. The summed E-state index contributed by atoms with van der Waals surface area (Å²) in [6.45, 7) is 0.476. The highest BCUT2D eigenvalue weighted by Crippen LogP contribution is 2.19. The van der Waals surface area contributed by atoms with Gasteiger partial charge in [-0.25, -0.2) is 9.37 Å². The lowest BCUT2D eigenvalue weighted by atomic mass is 10.2. The Bertz CT molecular complexity index is 797. The zero-order valence-electron chi connectivity index (χ0n) is 11.1. The fraction of sp³-hybridized carbons (Fsp3) is 0.0588. The molecule has 0 unspecified atom stereocenters. The van der Waals surface area contributed by atoms with E-state index < -0.39 is 0 Å². The molecule has 2 nitrogen and oxygen atoms in total.